The predicted octanol–water partition coefficient (Wildman–Crippen LogP) is 4.78. The van der Waals surface area contributed by atoms with Gasteiger partial charge in [-0.15, -0.1) is 0 Å². The summed E-state index contributed by atoms with van der Waals surface area (Å²) in [6, 6.07) is 8.79. The molecule has 2 rings (SSSR count). The second-order valence-electron chi connectivity index (χ2n) is 6.93. The molecular weight excluding hydrogens is 248 g/mol. The fraction of sp³-hybridized carbons (Fsp3) is 0.611. The molecule has 0 heterocycles. The number of aliphatic carboxylic acids is 1. The Morgan fingerprint density at radius 3 is 2.65 bits per heavy atom. The van der Waals surface area contributed by atoms with E-state index in [0.29, 0.717) is 11.3 Å². The van der Waals surface area contributed by atoms with E-state index in [-0.39, 0.29) is 6.42 Å². The summed E-state index contributed by atoms with van der Waals surface area (Å²) in [5, 5.41) is 8.70. The van der Waals surface area contributed by atoms with Gasteiger partial charge >= 0.3 is 5.97 Å². The zero-order valence-electron chi connectivity index (χ0n) is 12.7. The van der Waals surface area contributed by atoms with E-state index in [2.05, 4.69) is 38.1 Å². The van der Waals surface area contributed by atoms with Crippen LogP contribution in [0.25, 0.3) is 0 Å². The first kappa shape index (κ1) is 15.1. The van der Waals surface area contributed by atoms with E-state index in [1.165, 1.54) is 36.8 Å². The molecule has 0 unspecified atom stereocenters. The Labute approximate surface area is 122 Å². The fourth-order valence-corrected chi connectivity index (χ4v) is 3.18. The van der Waals surface area contributed by atoms with Crippen LogP contribution in [0.15, 0.2) is 24.3 Å². The molecule has 110 valence electrons. The van der Waals surface area contributed by atoms with Crippen LogP contribution in [-0.2, 0) is 11.2 Å². The van der Waals surface area contributed by atoms with Gasteiger partial charge in [0.05, 0.1) is 0 Å². The molecule has 1 aromatic carbocycles. The number of benzene rings is 1. The molecule has 0 radical (unpaired) electrons. The molecule has 2 heteroatoms. The molecule has 2 nitrogen and oxygen atoms in total. The Bertz CT molecular complexity index is 452. The van der Waals surface area contributed by atoms with Gasteiger partial charge in [0.2, 0.25) is 0 Å². The predicted molar refractivity (Wildman–Crippen MR) is 82.0 cm³/mol. The highest BCUT2D eigenvalue weighted by Gasteiger charge is 2.27. The van der Waals surface area contributed by atoms with Crippen molar-refractivity contribution in [2.45, 2.75) is 64.7 Å². The Kier molecular flexibility index (Phi) is 4.85. The van der Waals surface area contributed by atoms with Gasteiger partial charge in [-0.3, -0.25) is 4.79 Å². The zero-order valence-corrected chi connectivity index (χ0v) is 12.7. The van der Waals surface area contributed by atoms with Crippen LogP contribution in [0.5, 0.6) is 0 Å². The number of hydrogen-bond acceptors (Lipinski definition) is 1. The summed E-state index contributed by atoms with van der Waals surface area (Å²) in [5.41, 5.74) is 3.25. The van der Waals surface area contributed by atoms with Crippen molar-refractivity contribution in [3.63, 3.8) is 0 Å². The van der Waals surface area contributed by atoms with Crippen molar-refractivity contribution in [2.24, 2.45) is 5.41 Å². The summed E-state index contributed by atoms with van der Waals surface area (Å²) in [6.07, 6.45) is 7.05. The molecule has 0 aromatic heterocycles. The molecular formula is C18H26O2. The van der Waals surface area contributed by atoms with Gasteiger partial charge < -0.3 is 5.11 Å². The minimum atomic E-state index is -0.698. The van der Waals surface area contributed by atoms with Crippen molar-refractivity contribution in [1.82, 2.24) is 0 Å². The van der Waals surface area contributed by atoms with Crippen molar-refractivity contribution >= 4 is 5.97 Å². The van der Waals surface area contributed by atoms with Gasteiger partial charge in [-0.1, -0.05) is 38.1 Å². The molecule has 1 aromatic rings. The molecule has 0 aliphatic heterocycles. The lowest BCUT2D eigenvalue weighted by Crippen LogP contribution is -2.20. The van der Waals surface area contributed by atoms with Gasteiger partial charge in [0, 0.05) is 6.42 Å². The molecule has 0 saturated heterocycles. The summed E-state index contributed by atoms with van der Waals surface area (Å²) in [5.74, 6) is -0.00175. The van der Waals surface area contributed by atoms with Crippen LogP contribution < -0.4 is 0 Å². The van der Waals surface area contributed by atoms with Crippen molar-refractivity contribution < 1.29 is 9.90 Å². The third-order valence-electron chi connectivity index (χ3n) is 4.62. The number of hydrogen-bond donors (Lipinski definition) is 1. The number of carbonyl (C=O) groups is 1. The van der Waals surface area contributed by atoms with Gasteiger partial charge in [0.15, 0.2) is 0 Å². The Morgan fingerprint density at radius 1 is 1.30 bits per heavy atom. The molecule has 0 bridgehead atoms. The third kappa shape index (κ3) is 4.36. The summed E-state index contributed by atoms with van der Waals surface area (Å²) in [7, 11) is 0. The average molecular weight is 274 g/mol. The van der Waals surface area contributed by atoms with E-state index in [9.17, 15) is 4.79 Å². The van der Waals surface area contributed by atoms with E-state index < -0.39 is 5.97 Å². The first-order chi connectivity index (χ1) is 9.46. The molecule has 1 N–H and O–H groups in total. The smallest absolute Gasteiger partial charge is 0.303 e. The standard InChI is InChI=1S/C18H26O2/c1-18(2)11-9-15(10-12-18)16-7-3-5-14(13-16)6-4-8-17(19)20/h3,5,7,13,15H,4,6,8-12H2,1-2H3,(H,19,20). The highest BCUT2D eigenvalue weighted by atomic mass is 16.4. The second-order valence-corrected chi connectivity index (χ2v) is 6.93. The number of carboxylic acid groups (broad SMARTS) is 1. The Morgan fingerprint density at radius 2 is 2.00 bits per heavy atom. The highest BCUT2D eigenvalue weighted by molar-refractivity contribution is 5.66. The lowest BCUT2D eigenvalue weighted by Gasteiger charge is -2.34. The molecule has 1 aliphatic carbocycles. The lowest BCUT2D eigenvalue weighted by atomic mass is 9.71. The van der Waals surface area contributed by atoms with E-state index in [1.807, 2.05) is 0 Å². The maximum Gasteiger partial charge on any atom is 0.303 e. The van der Waals surface area contributed by atoms with Crippen LogP contribution in [-0.4, -0.2) is 11.1 Å². The van der Waals surface area contributed by atoms with Crippen LogP contribution in [0, 0.1) is 5.41 Å². The topological polar surface area (TPSA) is 37.3 Å². The SMILES string of the molecule is CC1(C)CCC(c2cccc(CCCC(=O)O)c2)CC1. The minimum Gasteiger partial charge on any atom is -0.481 e. The van der Waals surface area contributed by atoms with Crippen LogP contribution in [0.3, 0.4) is 0 Å². The molecule has 0 amide bonds. The summed E-state index contributed by atoms with van der Waals surface area (Å²) in [6.45, 7) is 4.73. The molecule has 20 heavy (non-hydrogen) atoms. The molecule has 1 saturated carbocycles. The third-order valence-corrected chi connectivity index (χ3v) is 4.62. The molecule has 1 aliphatic rings. The van der Waals surface area contributed by atoms with Crippen molar-refractivity contribution in [2.75, 3.05) is 0 Å². The number of carboxylic acids is 1. The van der Waals surface area contributed by atoms with Crippen LogP contribution >= 0.6 is 0 Å². The summed E-state index contributed by atoms with van der Waals surface area (Å²) >= 11 is 0. The fourth-order valence-electron chi connectivity index (χ4n) is 3.18. The van der Waals surface area contributed by atoms with E-state index in [4.69, 9.17) is 5.11 Å². The van der Waals surface area contributed by atoms with E-state index in [0.717, 1.165) is 12.8 Å². The Hall–Kier alpha value is -1.31. The molecule has 0 spiro atoms. The molecule has 0 atom stereocenters. The van der Waals surface area contributed by atoms with Gasteiger partial charge in [0.25, 0.3) is 0 Å². The van der Waals surface area contributed by atoms with Crippen molar-refractivity contribution in [3.8, 4) is 0 Å². The van der Waals surface area contributed by atoms with Crippen LogP contribution in [0.4, 0.5) is 0 Å². The second kappa shape index (κ2) is 6.43. The number of rotatable bonds is 5. The van der Waals surface area contributed by atoms with Gasteiger partial charge in [0.1, 0.15) is 0 Å². The lowest BCUT2D eigenvalue weighted by molar-refractivity contribution is -0.137. The Balaban J connectivity index is 1.94. The first-order valence-electron chi connectivity index (χ1n) is 7.77. The maximum atomic E-state index is 10.6. The molecule has 1 fully saturated rings. The average Bonchev–Trinajstić information content (AvgIpc) is 2.38. The van der Waals surface area contributed by atoms with Gasteiger partial charge in [-0.25, -0.2) is 0 Å². The number of aryl methyl sites for hydroxylation is 1. The van der Waals surface area contributed by atoms with Gasteiger partial charge in [-0.2, -0.15) is 0 Å². The van der Waals surface area contributed by atoms with Crippen LogP contribution in [0.1, 0.15) is 69.4 Å². The summed E-state index contributed by atoms with van der Waals surface area (Å²) < 4.78 is 0. The first-order valence-corrected chi connectivity index (χ1v) is 7.77. The highest BCUT2D eigenvalue weighted by Crippen LogP contribution is 2.42. The monoisotopic (exact) mass is 274 g/mol. The normalized spacial score (nSPS) is 18.9. The van der Waals surface area contributed by atoms with E-state index >= 15 is 0 Å². The van der Waals surface area contributed by atoms with Gasteiger partial charge in [-0.05, 0) is 61.0 Å². The van der Waals surface area contributed by atoms with Crippen molar-refractivity contribution in [3.05, 3.63) is 35.4 Å². The van der Waals surface area contributed by atoms with Crippen LogP contribution in [0.2, 0.25) is 0 Å². The van der Waals surface area contributed by atoms with Crippen molar-refractivity contribution in [1.29, 1.82) is 0 Å². The minimum absolute atomic E-state index is 0.266. The quantitative estimate of drug-likeness (QED) is 0.839. The maximum absolute atomic E-state index is 10.6. The largest absolute Gasteiger partial charge is 0.481 e. The zero-order chi connectivity index (χ0) is 14.6. The summed E-state index contributed by atoms with van der Waals surface area (Å²) in [4.78, 5) is 10.6. The van der Waals surface area contributed by atoms with E-state index in [1.54, 1.807) is 0 Å².